The van der Waals surface area contributed by atoms with Crippen LogP contribution in [-0.2, 0) is 20.7 Å². The topological polar surface area (TPSA) is 82.1 Å². The molecule has 0 spiro atoms. The van der Waals surface area contributed by atoms with Gasteiger partial charge in [0.2, 0.25) is 0 Å². The second-order valence-corrected chi connectivity index (χ2v) is 7.76. The summed E-state index contributed by atoms with van der Waals surface area (Å²) < 4.78 is 17.0. The van der Waals surface area contributed by atoms with E-state index in [2.05, 4.69) is 0 Å². The molecule has 0 radical (unpaired) electrons. The van der Waals surface area contributed by atoms with Crippen LogP contribution in [-0.4, -0.2) is 42.8 Å². The highest BCUT2D eigenvalue weighted by atomic mass is 16.5. The van der Waals surface area contributed by atoms with Gasteiger partial charge in [0.1, 0.15) is 17.3 Å². The Bertz CT molecular complexity index is 805. The third-order valence-electron chi connectivity index (χ3n) is 4.92. The molecular formula is C26H34O6. The van der Waals surface area contributed by atoms with Crippen molar-refractivity contribution in [2.45, 2.75) is 58.0 Å². The maximum Gasteiger partial charge on any atom is 0.332 e. The van der Waals surface area contributed by atoms with Crippen LogP contribution in [0.15, 0.2) is 54.6 Å². The third kappa shape index (κ3) is 11.0. The van der Waals surface area contributed by atoms with Crippen LogP contribution in [0.1, 0.15) is 51.0 Å². The largest absolute Gasteiger partial charge is 0.494 e. The number of aliphatic carboxylic acids is 1. The van der Waals surface area contributed by atoms with Crippen molar-refractivity contribution in [3.05, 3.63) is 60.2 Å². The lowest BCUT2D eigenvalue weighted by Gasteiger charge is -2.13. The summed E-state index contributed by atoms with van der Waals surface area (Å²) in [7, 11) is 0. The van der Waals surface area contributed by atoms with Crippen LogP contribution in [0.2, 0.25) is 0 Å². The van der Waals surface area contributed by atoms with Gasteiger partial charge >= 0.3 is 5.97 Å². The van der Waals surface area contributed by atoms with Gasteiger partial charge in [-0.2, -0.15) is 0 Å². The van der Waals surface area contributed by atoms with Crippen molar-refractivity contribution in [3.63, 3.8) is 0 Å². The molecule has 0 fully saturated rings. The Morgan fingerprint density at radius 2 is 1.53 bits per heavy atom. The lowest BCUT2D eigenvalue weighted by Crippen LogP contribution is -2.24. The van der Waals surface area contributed by atoms with E-state index in [1.54, 1.807) is 0 Å². The number of hydrogen-bond acceptors (Lipinski definition) is 5. The molecule has 1 unspecified atom stereocenters. The highest BCUT2D eigenvalue weighted by molar-refractivity contribution is 5.75. The first-order valence-corrected chi connectivity index (χ1v) is 11.3. The number of carbonyl (C=O) groups excluding carboxylic acids is 1. The van der Waals surface area contributed by atoms with Crippen molar-refractivity contribution in [2.75, 3.05) is 19.8 Å². The van der Waals surface area contributed by atoms with E-state index in [1.165, 1.54) is 6.92 Å². The zero-order valence-electron chi connectivity index (χ0n) is 18.8. The molecule has 0 aromatic heterocycles. The fourth-order valence-corrected chi connectivity index (χ4v) is 3.21. The minimum atomic E-state index is -0.974. The predicted molar refractivity (Wildman–Crippen MR) is 123 cm³/mol. The fourth-order valence-electron chi connectivity index (χ4n) is 3.21. The number of para-hydroxylation sites is 1. The number of unbranched alkanes of at least 4 members (excludes halogenated alkanes) is 1. The molecule has 0 aliphatic rings. The summed E-state index contributed by atoms with van der Waals surface area (Å²) in [6, 6.07) is 17.7. The number of ether oxygens (including phenoxy) is 3. The molecule has 2 aromatic carbocycles. The summed E-state index contributed by atoms with van der Waals surface area (Å²) in [5.74, 6) is 0.811. The Morgan fingerprint density at radius 3 is 2.22 bits per heavy atom. The Kier molecular flexibility index (Phi) is 11.9. The van der Waals surface area contributed by atoms with Crippen LogP contribution in [0, 0.1) is 0 Å². The van der Waals surface area contributed by atoms with Gasteiger partial charge in [-0.05, 0) is 75.3 Å². The molecule has 1 atom stereocenters. The van der Waals surface area contributed by atoms with Crippen LogP contribution in [0.3, 0.4) is 0 Å². The van der Waals surface area contributed by atoms with Gasteiger partial charge in [0.15, 0.2) is 6.10 Å². The molecule has 0 aliphatic carbocycles. The summed E-state index contributed by atoms with van der Waals surface area (Å²) in [6.45, 7) is 3.17. The first-order valence-electron chi connectivity index (χ1n) is 11.3. The van der Waals surface area contributed by atoms with Gasteiger partial charge in [-0.1, -0.05) is 30.3 Å². The molecule has 6 heteroatoms. The molecule has 0 amide bonds. The van der Waals surface area contributed by atoms with Crippen molar-refractivity contribution in [2.24, 2.45) is 0 Å². The number of hydrogen-bond donors (Lipinski definition) is 1. The number of benzene rings is 2. The van der Waals surface area contributed by atoms with E-state index >= 15 is 0 Å². The molecule has 174 valence electrons. The van der Waals surface area contributed by atoms with Gasteiger partial charge in [0.05, 0.1) is 13.2 Å². The Morgan fingerprint density at radius 1 is 0.844 bits per heavy atom. The van der Waals surface area contributed by atoms with E-state index < -0.39 is 12.1 Å². The van der Waals surface area contributed by atoms with Crippen LogP contribution in [0.4, 0.5) is 0 Å². The lowest BCUT2D eigenvalue weighted by atomic mass is 10.1. The number of carboxylic acids is 1. The van der Waals surface area contributed by atoms with Gasteiger partial charge < -0.3 is 24.1 Å². The van der Waals surface area contributed by atoms with Crippen LogP contribution < -0.4 is 9.47 Å². The highest BCUT2D eigenvalue weighted by Crippen LogP contribution is 2.16. The monoisotopic (exact) mass is 442 g/mol. The molecule has 32 heavy (non-hydrogen) atoms. The molecule has 0 bridgehead atoms. The number of carboxylic acid groups (broad SMARTS) is 1. The van der Waals surface area contributed by atoms with Crippen LogP contribution >= 0.6 is 0 Å². The highest BCUT2D eigenvalue weighted by Gasteiger charge is 2.17. The third-order valence-corrected chi connectivity index (χ3v) is 4.92. The first kappa shape index (κ1) is 25.4. The van der Waals surface area contributed by atoms with E-state index in [-0.39, 0.29) is 5.78 Å². The summed E-state index contributed by atoms with van der Waals surface area (Å²) >= 11 is 0. The Hall–Kier alpha value is -2.86. The summed E-state index contributed by atoms with van der Waals surface area (Å²) in [5.41, 5.74) is 1.13. The fraction of sp³-hybridized carbons (Fsp3) is 0.462. The van der Waals surface area contributed by atoms with Crippen molar-refractivity contribution in [1.82, 2.24) is 0 Å². The number of aryl methyl sites for hydroxylation is 1. The van der Waals surface area contributed by atoms with Crippen molar-refractivity contribution < 1.29 is 28.9 Å². The molecule has 2 rings (SSSR count). The summed E-state index contributed by atoms with van der Waals surface area (Å²) in [5, 5.41) is 9.25. The van der Waals surface area contributed by atoms with E-state index in [0.29, 0.717) is 39.1 Å². The van der Waals surface area contributed by atoms with E-state index in [0.717, 1.165) is 42.7 Å². The van der Waals surface area contributed by atoms with Crippen molar-refractivity contribution >= 4 is 11.8 Å². The average molecular weight is 443 g/mol. The molecule has 1 N–H and O–H groups in total. The number of ketones is 1. The maximum absolute atomic E-state index is 11.3. The molecule has 0 saturated heterocycles. The Balaban J connectivity index is 1.60. The standard InChI is InChI=1S/C26H34O6/c1-21(27)10-7-16-25(26(28)29)32-19-9-12-22-11-8-15-24(20-22)31-18-6-5-17-30-23-13-3-2-4-14-23/h2-4,8,11,13-15,20,25H,5-7,9-10,12,16-19H2,1H3,(H,28,29). The summed E-state index contributed by atoms with van der Waals surface area (Å²) in [6.07, 6.45) is 3.75. The van der Waals surface area contributed by atoms with Gasteiger partial charge in [0, 0.05) is 13.0 Å². The van der Waals surface area contributed by atoms with E-state index in [1.807, 2.05) is 54.6 Å². The minimum Gasteiger partial charge on any atom is -0.494 e. The van der Waals surface area contributed by atoms with Crippen LogP contribution in [0.5, 0.6) is 11.5 Å². The van der Waals surface area contributed by atoms with Gasteiger partial charge in [-0.15, -0.1) is 0 Å². The molecule has 0 saturated carbocycles. The number of Topliss-reactive ketones (excluding diaryl/α,β-unsaturated/α-hetero) is 1. The molecule has 6 nitrogen and oxygen atoms in total. The van der Waals surface area contributed by atoms with E-state index in [4.69, 9.17) is 14.2 Å². The first-order chi connectivity index (χ1) is 15.5. The average Bonchev–Trinajstić information content (AvgIpc) is 2.78. The second-order valence-electron chi connectivity index (χ2n) is 7.76. The minimum absolute atomic E-state index is 0.0664. The van der Waals surface area contributed by atoms with Crippen molar-refractivity contribution in [3.8, 4) is 11.5 Å². The Labute approximate surface area is 190 Å². The summed E-state index contributed by atoms with van der Waals surface area (Å²) in [4.78, 5) is 22.3. The van der Waals surface area contributed by atoms with Gasteiger partial charge in [0.25, 0.3) is 0 Å². The normalized spacial score (nSPS) is 11.7. The second kappa shape index (κ2) is 15.0. The van der Waals surface area contributed by atoms with E-state index in [9.17, 15) is 14.7 Å². The quantitative estimate of drug-likeness (QED) is 0.344. The zero-order chi connectivity index (χ0) is 23.0. The van der Waals surface area contributed by atoms with Crippen molar-refractivity contribution in [1.29, 1.82) is 0 Å². The SMILES string of the molecule is CC(=O)CCCC(OCCCc1cccc(OCCCCOc2ccccc2)c1)C(=O)O. The zero-order valence-corrected chi connectivity index (χ0v) is 18.8. The van der Waals surface area contributed by atoms with Gasteiger partial charge in [-0.25, -0.2) is 4.79 Å². The molecule has 0 heterocycles. The molecule has 2 aromatic rings. The maximum atomic E-state index is 11.3. The lowest BCUT2D eigenvalue weighted by molar-refractivity contribution is -0.151. The molecule has 0 aliphatic heterocycles. The van der Waals surface area contributed by atoms with Crippen LogP contribution in [0.25, 0.3) is 0 Å². The number of rotatable bonds is 17. The predicted octanol–water partition coefficient (Wildman–Crippen LogP) is 5.09. The number of carbonyl (C=O) groups is 2. The van der Waals surface area contributed by atoms with Gasteiger partial charge in [-0.3, -0.25) is 0 Å². The molecular weight excluding hydrogens is 408 g/mol. The smallest absolute Gasteiger partial charge is 0.332 e.